The summed E-state index contributed by atoms with van der Waals surface area (Å²) in [5, 5.41) is 0. The Labute approximate surface area is 134 Å². The van der Waals surface area contributed by atoms with Gasteiger partial charge in [0, 0.05) is 11.6 Å². The van der Waals surface area contributed by atoms with Crippen molar-refractivity contribution in [1.82, 2.24) is 0 Å². The standard InChI is InChI=1S/C17H20O6/c1-5-21-16(18)12-10-14(23-17(12)22-6-2)11-7-8-13(19-3)15(9-11)20-4/h7-10H,5-6H2,1-4H3. The van der Waals surface area contributed by atoms with Crippen molar-refractivity contribution in [3.63, 3.8) is 0 Å². The van der Waals surface area contributed by atoms with E-state index in [1.807, 2.05) is 13.0 Å². The second-order valence-corrected chi connectivity index (χ2v) is 4.54. The molecule has 1 heterocycles. The molecule has 6 heteroatoms. The molecule has 0 fully saturated rings. The molecule has 0 aliphatic carbocycles. The average Bonchev–Trinajstić information content (AvgIpc) is 2.99. The van der Waals surface area contributed by atoms with Gasteiger partial charge >= 0.3 is 5.97 Å². The third-order valence-electron chi connectivity index (χ3n) is 3.14. The predicted octanol–water partition coefficient (Wildman–Crippen LogP) is 3.54. The summed E-state index contributed by atoms with van der Waals surface area (Å²) in [7, 11) is 3.12. The largest absolute Gasteiger partial charge is 0.493 e. The molecule has 1 aromatic carbocycles. The third-order valence-corrected chi connectivity index (χ3v) is 3.14. The normalized spacial score (nSPS) is 10.3. The SMILES string of the molecule is CCOC(=O)c1cc(-c2ccc(OC)c(OC)c2)oc1OCC. The van der Waals surface area contributed by atoms with Crippen LogP contribution < -0.4 is 14.2 Å². The summed E-state index contributed by atoms with van der Waals surface area (Å²) >= 11 is 0. The zero-order valence-corrected chi connectivity index (χ0v) is 13.7. The molecule has 0 bridgehead atoms. The maximum absolute atomic E-state index is 12.0. The summed E-state index contributed by atoms with van der Waals surface area (Å²) in [5.74, 6) is 1.33. The van der Waals surface area contributed by atoms with Crippen LogP contribution in [0.3, 0.4) is 0 Å². The van der Waals surface area contributed by atoms with Crippen molar-refractivity contribution in [3.05, 3.63) is 29.8 Å². The Morgan fingerprint density at radius 1 is 1.04 bits per heavy atom. The van der Waals surface area contributed by atoms with E-state index >= 15 is 0 Å². The van der Waals surface area contributed by atoms with Crippen LogP contribution in [0.1, 0.15) is 24.2 Å². The van der Waals surface area contributed by atoms with Crippen molar-refractivity contribution >= 4 is 5.97 Å². The predicted molar refractivity (Wildman–Crippen MR) is 84.4 cm³/mol. The second-order valence-electron chi connectivity index (χ2n) is 4.54. The lowest BCUT2D eigenvalue weighted by atomic mass is 10.1. The number of benzene rings is 1. The van der Waals surface area contributed by atoms with Gasteiger partial charge in [0.15, 0.2) is 11.5 Å². The van der Waals surface area contributed by atoms with Gasteiger partial charge in [0.2, 0.25) is 0 Å². The number of hydrogen-bond acceptors (Lipinski definition) is 6. The van der Waals surface area contributed by atoms with Crippen LogP contribution in [0, 0.1) is 0 Å². The summed E-state index contributed by atoms with van der Waals surface area (Å²) in [5.41, 5.74) is 0.998. The zero-order valence-electron chi connectivity index (χ0n) is 13.7. The molecule has 1 aromatic heterocycles. The van der Waals surface area contributed by atoms with E-state index in [9.17, 15) is 4.79 Å². The van der Waals surface area contributed by atoms with E-state index in [2.05, 4.69) is 0 Å². The van der Waals surface area contributed by atoms with Crippen LogP contribution in [0.5, 0.6) is 17.4 Å². The molecule has 0 spiro atoms. The molecule has 0 aliphatic heterocycles. The summed E-state index contributed by atoms with van der Waals surface area (Å²) in [6.07, 6.45) is 0. The number of rotatable bonds is 7. The van der Waals surface area contributed by atoms with Crippen LogP contribution in [-0.4, -0.2) is 33.4 Å². The van der Waals surface area contributed by atoms with Gasteiger partial charge in [0.25, 0.3) is 5.95 Å². The van der Waals surface area contributed by atoms with Crippen molar-refractivity contribution in [2.24, 2.45) is 0 Å². The van der Waals surface area contributed by atoms with Crippen LogP contribution in [0.25, 0.3) is 11.3 Å². The Balaban J connectivity index is 2.43. The van der Waals surface area contributed by atoms with Crippen LogP contribution in [-0.2, 0) is 4.74 Å². The van der Waals surface area contributed by atoms with Gasteiger partial charge in [-0.1, -0.05) is 0 Å². The fourth-order valence-electron chi connectivity index (χ4n) is 2.10. The summed E-state index contributed by atoms with van der Waals surface area (Å²) in [6.45, 7) is 4.22. The van der Waals surface area contributed by atoms with Crippen LogP contribution in [0.2, 0.25) is 0 Å². The topological polar surface area (TPSA) is 67.1 Å². The summed E-state index contributed by atoms with van der Waals surface area (Å²) in [6, 6.07) is 6.94. The molecule has 0 amide bonds. The highest BCUT2D eigenvalue weighted by Gasteiger charge is 2.21. The van der Waals surface area contributed by atoms with Gasteiger partial charge < -0.3 is 23.4 Å². The van der Waals surface area contributed by atoms with Crippen molar-refractivity contribution < 1.29 is 28.2 Å². The monoisotopic (exact) mass is 320 g/mol. The Kier molecular flexibility index (Phi) is 5.51. The molecular weight excluding hydrogens is 300 g/mol. The molecule has 0 atom stereocenters. The van der Waals surface area contributed by atoms with Crippen molar-refractivity contribution in [1.29, 1.82) is 0 Å². The molecule has 0 saturated heterocycles. The molecule has 6 nitrogen and oxygen atoms in total. The molecule has 2 aromatic rings. The first-order valence-electron chi connectivity index (χ1n) is 7.30. The minimum atomic E-state index is -0.480. The number of esters is 1. The molecule has 2 rings (SSSR count). The molecule has 0 saturated carbocycles. The number of furan rings is 1. The molecule has 0 radical (unpaired) electrons. The first-order valence-corrected chi connectivity index (χ1v) is 7.30. The van der Waals surface area contributed by atoms with Gasteiger partial charge in [0.05, 0.1) is 27.4 Å². The van der Waals surface area contributed by atoms with Crippen molar-refractivity contribution in [2.75, 3.05) is 27.4 Å². The average molecular weight is 320 g/mol. The third kappa shape index (κ3) is 3.59. The molecule has 0 aliphatic rings. The molecule has 23 heavy (non-hydrogen) atoms. The van der Waals surface area contributed by atoms with Gasteiger partial charge in [-0.05, 0) is 32.0 Å². The maximum Gasteiger partial charge on any atom is 0.345 e. The quantitative estimate of drug-likeness (QED) is 0.727. The highest BCUT2D eigenvalue weighted by atomic mass is 16.6. The van der Waals surface area contributed by atoms with E-state index in [4.69, 9.17) is 23.4 Å². The number of hydrogen-bond donors (Lipinski definition) is 0. The molecule has 124 valence electrons. The van der Waals surface area contributed by atoms with E-state index in [-0.39, 0.29) is 18.1 Å². The Morgan fingerprint density at radius 2 is 1.78 bits per heavy atom. The van der Waals surface area contributed by atoms with Crippen LogP contribution in [0.15, 0.2) is 28.7 Å². The van der Waals surface area contributed by atoms with Gasteiger partial charge in [-0.15, -0.1) is 0 Å². The minimum absolute atomic E-state index is 0.149. The summed E-state index contributed by atoms with van der Waals surface area (Å²) < 4.78 is 26.6. The van der Waals surface area contributed by atoms with Crippen molar-refractivity contribution in [3.8, 4) is 28.8 Å². The van der Waals surface area contributed by atoms with Gasteiger partial charge in [-0.2, -0.15) is 0 Å². The van der Waals surface area contributed by atoms with Crippen molar-refractivity contribution in [2.45, 2.75) is 13.8 Å². The maximum atomic E-state index is 12.0. The first-order chi connectivity index (χ1) is 11.1. The number of carbonyl (C=O) groups is 1. The fraction of sp³-hybridized carbons (Fsp3) is 0.353. The molecule has 0 N–H and O–H groups in total. The van der Waals surface area contributed by atoms with Gasteiger partial charge in [-0.25, -0.2) is 4.79 Å². The number of methoxy groups -OCH3 is 2. The lowest BCUT2D eigenvalue weighted by molar-refractivity contribution is 0.0519. The van der Waals surface area contributed by atoms with Crippen LogP contribution in [0.4, 0.5) is 0 Å². The van der Waals surface area contributed by atoms with E-state index in [0.717, 1.165) is 5.56 Å². The number of ether oxygens (including phenoxy) is 4. The van der Waals surface area contributed by atoms with E-state index in [1.54, 1.807) is 39.3 Å². The lowest BCUT2D eigenvalue weighted by Crippen LogP contribution is -2.05. The fourth-order valence-corrected chi connectivity index (χ4v) is 2.10. The first kappa shape index (κ1) is 16.7. The highest BCUT2D eigenvalue weighted by molar-refractivity contribution is 5.93. The van der Waals surface area contributed by atoms with E-state index in [1.165, 1.54) is 0 Å². The Morgan fingerprint density at radius 3 is 2.39 bits per heavy atom. The minimum Gasteiger partial charge on any atom is -0.493 e. The Hall–Kier alpha value is -2.63. The molecule has 0 unspecified atom stereocenters. The number of carbonyl (C=O) groups excluding carboxylic acids is 1. The second kappa shape index (κ2) is 7.58. The Bertz CT molecular complexity index is 674. The van der Waals surface area contributed by atoms with Crippen LogP contribution >= 0.6 is 0 Å². The highest BCUT2D eigenvalue weighted by Crippen LogP contribution is 2.36. The van der Waals surface area contributed by atoms with Gasteiger partial charge in [0.1, 0.15) is 11.3 Å². The van der Waals surface area contributed by atoms with E-state index < -0.39 is 5.97 Å². The zero-order chi connectivity index (χ0) is 16.8. The summed E-state index contributed by atoms with van der Waals surface area (Å²) in [4.78, 5) is 12.0. The van der Waals surface area contributed by atoms with E-state index in [0.29, 0.717) is 23.9 Å². The lowest BCUT2D eigenvalue weighted by Gasteiger charge is -2.08. The molecular formula is C17H20O6. The van der Waals surface area contributed by atoms with Gasteiger partial charge in [-0.3, -0.25) is 0 Å². The smallest absolute Gasteiger partial charge is 0.345 e.